The van der Waals surface area contributed by atoms with Crippen molar-refractivity contribution in [3.63, 3.8) is 0 Å². The number of fused-ring (bicyclic) bond motifs is 4. The van der Waals surface area contributed by atoms with Gasteiger partial charge in [0, 0.05) is 23.8 Å². The first-order chi connectivity index (χ1) is 15.3. The smallest absolute Gasteiger partial charge is 0.255 e. The molecule has 0 spiro atoms. The Bertz CT molecular complexity index is 1070. The number of rotatable bonds is 3. The summed E-state index contributed by atoms with van der Waals surface area (Å²) in [4.78, 5) is 13.4. The van der Waals surface area contributed by atoms with Gasteiger partial charge < -0.3 is 49.6 Å². The summed E-state index contributed by atoms with van der Waals surface area (Å²) in [5.41, 5.74) is 0.445. The lowest BCUT2D eigenvalue weighted by atomic mass is 9.88. The molecule has 3 aliphatic rings. The van der Waals surface area contributed by atoms with Crippen LogP contribution in [0, 0.1) is 0 Å². The van der Waals surface area contributed by atoms with Gasteiger partial charge >= 0.3 is 0 Å². The molecule has 0 radical (unpaired) electrons. The van der Waals surface area contributed by atoms with E-state index >= 15 is 0 Å². The van der Waals surface area contributed by atoms with Crippen molar-refractivity contribution in [1.29, 1.82) is 0 Å². The number of aliphatic hydroxyl groups excluding tert-OH is 4. The minimum absolute atomic E-state index is 0.0344. The van der Waals surface area contributed by atoms with E-state index in [1.54, 1.807) is 6.07 Å². The van der Waals surface area contributed by atoms with Crippen LogP contribution in [0.4, 0.5) is 0 Å². The fourth-order valence-corrected chi connectivity index (χ4v) is 4.15. The van der Waals surface area contributed by atoms with E-state index in [-0.39, 0.29) is 34.3 Å². The van der Waals surface area contributed by atoms with Gasteiger partial charge in [0.05, 0.1) is 6.61 Å². The molecule has 7 atom stereocenters. The number of phenolic OH excluding ortho intramolecular Hbond substituents is 2. The highest BCUT2D eigenvalue weighted by molar-refractivity contribution is 6.07. The molecule has 3 heterocycles. The molecule has 1 saturated heterocycles. The molecule has 2 aromatic rings. The van der Waals surface area contributed by atoms with Gasteiger partial charge in [0.2, 0.25) is 6.29 Å². The Morgan fingerprint density at radius 3 is 2.38 bits per heavy atom. The number of benzene rings is 2. The monoisotopic (exact) mass is 448 g/mol. The maximum Gasteiger partial charge on any atom is 0.255 e. The van der Waals surface area contributed by atoms with E-state index in [1.165, 1.54) is 18.2 Å². The second-order valence-corrected chi connectivity index (χ2v) is 7.80. The Labute approximate surface area is 180 Å². The third kappa shape index (κ3) is 3.14. The normalized spacial score (nSPS) is 32.9. The maximum absolute atomic E-state index is 13.4. The molecule has 5 rings (SSSR count). The van der Waals surface area contributed by atoms with E-state index in [9.17, 15) is 35.4 Å². The SMILES string of the molecule is O=C1c2c(cc(O)cc2OC2OC(CO)C(O)C(O)C2O)OC2Oc3cc(O)ccc3C12. The third-order valence-electron chi connectivity index (χ3n) is 5.76. The van der Waals surface area contributed by atoms with Crippen molar-refractivity contribution in [2.45, 2.75) is 42.9 Å². The Balaban J connectivity index is 1.51. The fraction of sp³-hybridized carbons (Fsp3) is 0.381. The van der Waals surface area contributed by atoms with Crippen LogP contribution in [0.15, 0.2) is 30.3 Å². The molecule has 1 fully saturated rings. The molecule has 170 valence electrons. The lowest BCUT2D eigenvalue weighted by Gasteiger charge is -2.40. The highest BCUT2D eigenvalue weighted by Crippen LogP contribution is 2.49. The number of ether oxygens (including phenoxy) is 4. The fourth-order valence-electron chi connectivity index (χ4n) is 4.15. The number of phenols is 2. The summed E-state index contributed by atoms with van der Waals surface area (Å²) in [7, 11) is 0. The first-order valence-electron chi connectivity index (χ1n) is 9.83. The number of aliphatic hydroxyl groups is 4. The second-order valence-electron chi connectivity index (χ2n) is 7.80. The maximum atomic E-state index is 13.4. The first-order valence-corrected chi connectivity index (χ1v) is 9.83. The van der Waals surface area contributed by atoms with E-state index in [1.807, 2.05) is 0 Å². The number of Topliss-reactive ketones (excluding diaryl/α,β-unsaturated/α-hetero) is 1. The van der Waals surface area contributed by atoms with Crippen LogP contribution in [-0.2, 0) is 4.74 Å². The van der Waals surface area contributed by atoms with Crippen LogP contribution in [-0.4, -0.2) is 80.0 Å². The zero-order valence-electron chi connectivity index (χ0n) is 16.4. The van der Waals surface area contributed by atoms with Crippen LogP contribution in [0.3, 0.4) is 0 Å². The van der Waals surface area contributed by atoms with Crippen LogP contribution in [0.1, 0.15) is 21.8 Å². The van der Waals surface area contributed by atoms with Crippen LogP contribution in [0.25, 0.3) is 0 Å². The van der Waals surface area contributed by atoms with Gasteiger partial charge in [-0.15, -0.1) is 0 Å². The molecular weight excluding hydrogens is 428 g/mol. The van der Waals surface area contributed by atoms with E-state index in [4.69, 9.17) is 18.9 Å². The lowest BCUT2D eigenvalue weighted by molar-refractivity contribution is -0.277. The molecular formula is C21H20O11. The molecule has 11 heteroatoms. The third-order valence-corrected chi connectivity index (χ3v) is 5.76. The van der Waals surface area contributed by atoms with Crippen molar-refractivity contribution in [2.75, 3.05) is 6.61 Å². The van der Waals surface area contributed by atoms with Gasteiger partial charge in [0.1, 0.15) is 64.6 Å². The average Bonchev–Trinajstić information content (AvgIpc) is 3.11. The van der Waals surface area contributed by atoms with Crippen molar-refractivity contribution >= 4 is 5.78 Å². The summed E-state index contributed by atoms with van der Waals surface area (Å²) in [6.45, 7) is -0.657. The van der Waals surface area contributed by atoms with Crippen LogP contribution >= 0.6 is 0 Å². The van der Waals surface area contributed by atoms with Crippen LogP contribution in [0.2, 0.25) is 0 Å². The van der Waals surface area contributed by atoms with Crippen LogP contribution in [0.5, 0.6) is 28.7 Å². The molecule has 6 N–H and O–H groups in total. The van der Waals surface area contributed by atoms with Crippen molar-refractivity contribution in [3.8, 4) is 28.7 Å². The molecule has 0 aliphatic carbocycles. The number of carbonyl (C=O) groups excluding carboxylic acids is 1. The Morgan fingerprint density at radius 1 is 0.906 bits per heavy atom. The zero-order chi connectivity index (χ0) is 22.7. The van der Waals surface area contributed by atoms with Crippen LogP contribution < -0.4 is 14.2 Å². The molecule has 32 heavy (non-hydrogen) atoms. The highest BCUT2D eigenvalue weighted by atomic mass is 16.7. The molecule has 7 unspecified atom stereocenters. The summed E-state index contributed by atoms with van der Waals surface area (Å²) in [6.07, 6.45) is -8.78. The van der Waals surface area contributed by atoms with E-state index in [0.29, 0.717) is 5.56 Å². The van der Waals surface area contributed by atoms with Crippen molar-refractivity contribution in [1.82, 2.24) is 0 Å². The number of carbonyl (C=O) groups is 1. The Hall–Kier alpha value is -3.09. The van der Waals surface area contributed by atoms with Gasteiger partial charge in [-0.05, 0) is 6.07 Å². The summed E-state index contributed by atoms with van der Waals surface area (Å²) in [5.74, 6) is -1.64. The zero-order valence-corrected chi connectivity index (χ0v) is 16.4. The number of hydrogen-bond donors (Lipinski definition) is 6. The van der Waals surface area contributed by atoms with Gasteiger partial charge in [0.25, 0.3) is 6.29 Å². The van der Waals surface area contributed by atoms with Crippen molar-refractivity contribution in [3.05, 3.63) is 41.5 Å². The van der Waals surface area contributed by atoms with Crippen molar-refractivity contribution in [2.24, 2.45) is 0 Å². The highest BCUT2D eigenvalue weighted by Gasteiger charge is 2.49. The summed E-state index contributed by atoms with van der Waals surface area (Å²) < 4.78 is 22.4. The van der Waals surface area contributed by atoms with Gasteiger partial charge in [-0.3, -0.25) is 4.79 Å². The Morgan fingerprint density at radius 2 is 1.62 bits per heavy atom. The molecule has 0 aromatic heterocycles. The van der Waals surface area contributed by atoms with Gasteiger partial charge in [-0.25, -0.2) is 0 Å². The minimum atomic E-state index is -1.71. The predicted octanol–water partition coefficient (Wildman–Crippen LogP) is -0.646. The number of aromatic hydroxyl groups is 2. The molecule has 2 aromatic carbocycles. The number of hydrogen-bond acceptors (Lipinski definition) is 11. The molecule has 0 saturated carbocycles. The second kappa shape index (κ2) is 7.50. The standard InChI is InChI=1S/C21H20O11/c22-6-13-16(25)18(27)19(28)21(32-13)31-12-5-8(24)4-11-15(12)17(26)14-9-2-1-7(23)3-10(9)29-20(14)30-11/h1-5,13-14,16,18-25,27-28H,6H2. The van der Waals surface area contributed by atoms with Crippen molar-refractivity contribution < 1.29 is 54.4 Å². The lowest BCUT2D eigenvalue weighted by Crippen LogP contribution is -2.60. The number of ketones is 1. The Kier molecular flexibility index (Phi) is 4.87. The predicted molar refractivity (Wildman–Crippen MR) is 103 cm³/mol. The molecule has 0 amide bonds. The summed E-state index contributed by atoms with van der Waals surface area (Å²) in [5, 5.41) is 59.4. The van der Waals surface area contributed by atoms with Gasteiger partial charge in [-0.2, -0.15) is 0 Å². The minimum Gasteiger partial charge on any atom is -0.508 e. The van der Waals surface area contributed by atoms with E-state index in [0.717, 1.165) is 6.07 Å². The van der Waals surface area contributed by atoms with E-state index < -0.39 is 55.3 Å². The average molecular weight is 448 g/mol. The summed E-state index contributed by atoms with van der Waals surface area (Å²) in [6, 6.07) is 6.64. The largest absolute Gasteiger partial charge is 0.508 e. The molecule has 3 aliphatic heterocycles. The molecule has 0 bridgehead atoms. The van der Waals surface area contributed by atoms with E-state index in [2.05, 4.69) is 0 Å². The molecule has 11 nitrogen and oxygen atoms in total. The first kappa shape index (κ1) is 20.8. The van der Waals surface area contributed by atoms with Gasteiger partial charge in [0.15, 0.2) is 5.78 Å². The topological polar surface area (TPSA) is 175 Å². The van der Waals surface area contributed by atoms with Gasteiger partial charge in [-0.1, -0.05) is 6.07 Å². The quantitative estimate of drug-likeness (QED) is 0.352. The summed E-state index contributed by atoms with van der Waals surface area (Å²) >= 11 is 0.